The molecule has 0 nitrogen and oxygen atoms in total. The smallest absolute Gasteiger partial charge is 0.00990 e. The number of hydrogen-bond donors (Lipinski definition) is 0. The zero-order chi connectivity index (χ0) is 11.1. The Morgan fingerprint density at radius 2 is 1.00 bits per heavy atom. The third-order valence-electron chi connectivity index (χ3n) is 3.18. The first-order valence-corrected chi connectivity index (χ1v) is 5.65. The standard InChI is InChI=1S/C16H14/c1-11(2)16-14-9-5-3-7-12(14)13-8-4-6-10-15(13)16/h3-10H,1-2H3. The molecule has 0 radical (unpaired) electrons. The van der Waals surface area contributed by atoms with Crippen LogP contribution in [0.15, 0.2) is 54.1 Å². The van der Waals surface area contributed by atoms with Crippen molar-refractivity contribution in [2.24, 2.45) is 0 Å². The summed E-state index contributed by atoms with van der Waals surface area (Å²) in [5, 5.41) is 0. The van der Waals surface area contributed by atoms with Gasteiger partial charge in [0, 0.05) is 0 Å². The predicted molar refractivity (Wildman–Crippen MR) is 69.2 cm³/mol. The van der Waals surface area contributed by atoms with E-state index in [1.165, 1.54) is 33.4 Å². The highest BCUT2D eigenvalue weighted by molar-refractivity contribution is 6.01. The molecule has 0 bridgehead atoms. The van der Waals surface area contributed by atoms with Crippen LogP contribution in [0.25, 0.3) is 16.7 Å². The zero-order valence-corrected chi connectivity index (χ0v) is 9.62. The third-order valence-corrected chi connectivity index (χ3v) is 3.18. The van der Waals surface area contributed by atoms with Crippen molar-refractivity contribution in [2.45, 2.75) is 13.8 Å². The molecule has 3 rings (SSSR count). The highest BCUT2D eigenvalue weighted by Crippen LogP contribution is 2.44. The Labute approximate surface area is 96.3 Å². The molecule has 1 aliphatic rings. The lowest BCUT2D eigenvalue weighted by Crippen LogP contribution is -1.83. The summed E-state index contributed by atoms with van der Waals surface area (Å²) in [7, 11) is 0. The highest BCUT2D eigenvalue weighted by Gasteiger charge is 2.22. The first kappa shape index (κ1) is 9.41. The van der Waals surface area contributed by atoms with E-state index in [2.05, 4.69) is 62.4 Å². The predicted octanol–water partition coefficient (Wildman–Crippen LogP) is 4.51. The second-order valence-corrected chi connectivity index (χ2v) is 4.47. The van der Waals surface area contributed by atoms with Crippen LogP contribution in [0.4, 0.5) is 0 Å². The molecule has 0 saturated heterocycles. The van der Waals surface area contributed by atoms with Gasteiger partial charge < -0.3 is 0 Å². The normalized spacial score (nSPS) is 12.2. The van der Waals surface area contributed by atoms with Gasteiger partial charge in [-0.3, -0.25) is 0 Å². The number of fused-ring (bicyclic) bond motifs is 3. The van der Waals surface area contributed by atoms with Gasteiger partial charge in [0.1, 0.15) is 0 Å². The molecule has 0 amide bonds. The zero-order valence-electron chi connectivity index (χ0n) is 9.62. The van der Waals surface area contributed by atoms with E-state index >= 15 is 0 Å². The number of rotatable bonds is 0. The number of allylic oxidation sites excluding steroid dienone is 1. The van der Waals surface area contributed by atoms with Crippen LogP contribution < -0.4 is 0 Å². The average Bonchev–Trinajstić information content (AvgIpc) is 2.63. The van der Waals surface area contributed by atoms with Crippen molar-refractivity contribution >= 4 is 5.57 Å². The van der Waals surface area contributed by atoms with Gasteiger partial charge in [-0.05, 0) is 41.7 Å². The largest absolute Gasteiger partial charge is 0.0679 e. The van der Waals surface area contributed by atoms with Crippen LogP contribution in [0.3, 0.4) is 0 Å². The summed E-state index contributed by atoms with van der Waals surface area (Å²) < 4.78 is 0. The van der Waals surface area contributed by atoms with E-state index in [9.17, 15) is 0 Å². The van der Waals surface area contributed by atoms with Gasteiger partial charge in [0.15, 0.2) is 0 Å². The van der Waals surface area contributed by atoms with Gasteiger partial charge in [0.2, 0.25) is 0 Å². The van der Waals surface area contributed by atoms with Gasteiger partial charge >= 0.3 is 0 Å². The molecular weight excluding hydrogens is 192 g/mol. The molecule has 0 spiro atoms. The van der Waals surface area contributed by atoms with Crippen LogP contribution in [0.1, 0.15) is 25.0 Å². The molecule has 16 heavy (non-hydrogen) atoms. The first-order valence-electron chi connectivity index (χ1n) is 5.65. The summed E-state index contributed by atoms with van der Waals surface area (Å²) in [4.78, 5) is 0. The molecule has 0 fully saturated rings. The molecule has 78 valence electrons. The van der Waals surface area contributed by atoms with Crippen molar-refractivity contribution in [1.82, 2.24) is 0 Å². The van der Waals surface area contributed by atoms with Gasteiger partial charge in [-0.15, -0.1) is 0 Å². The molecule has 0 heterocycles. The molecule has 0 N–H and O–H groups in total. The summed E-state index contributed by atoms with van der Waals surface area (Å²) in [6.45, 7) is 4.38. The van der Waals surface area contributed by atoms with Crippen molar-refractivity contribution in [3.05, 3.63) is 65.2 Å². The molecular formula is C16H14. The fourth-order valence-corrected chi connectivity index (χ4v) is 2.56. The van der Waals surface area contributed by atoms with Crippen molar-refractivity contribution in [3.8, 4) is 11.1 Å². The Morgan fingerprint density at radius 3 is 1.38 bits per heavy atom. The summed E-state index contributed by atoms with van der Waals surface area (Å²) in [6.07, 6.45) is 0. The van der Waals surface area contributed by atoms with Gasteiger partial charge in [-0.2, -0.15) is 0 Å². The third kappa shape index (κ3) is 1.16. The fourth-order valence-electron chi connectivity index (χ4n) is 2.56. The summed E-state index contributed by atoms with van der Waals surface area (Å²) in [6, 6.07) is 17.3. The minimum atomic E-state index is 1.37. The minimum absolute atomic E-state index is 1.37. The maximum atomic E-state index is 2.22. The van der Waals surface area contributed by atoms with Crippen molar-refractivity contribution in [3.63, 3.8) is 0 Å². The molecule has 0 unspecified atom stereocenters. The topological polar surface area (TPSA) is 0 Å². The van der Waals surface area contributed by atoms with Gasteiger partial charge in [-0.1, -0.05) is 54.1 Å². The van der Waals surface area contributed by atoms with Gasteiger partial charge in [-0.25, -0.2) is 0 Å². The molecule has 0 saturated carbocycles. The lowest BCUT2D eigenvalue weighted by atomic mass is 10.00. The van der Waals surface area contributed by atoms with Crippen LogP contribution >= 0.6 is 0 Å². The first-order chi connectivity index (χ1) is 7.79. The van der Waals surface area contributed by atoms with Crippen LogP contribution in [0.2, 0.25) is 0 Å². The van der Waals surface area contributed by atoms with Crippen molar-refractivity contribution < 1.29 is 0 Å². The van der Waals surface area contributed by atoms with Crippen LogP contribution in [0, 0.1) is 0 Å². The van der Waals surface area contributed by atoms with Crippen LogP contribution in [0.5, 0.6) is 0 Å². The van der Waals surface area contributed by atoms with E-state index in [4.69, 9.17) is 0 Å². The minimum Gasteiger partial charge on any atom is -0.0679 e. The summed E-state index contributed by atoms with van der Waals surface area (Å²) >= 11 is 0. The van der Waals surface area contributed by atoms with Gasteiger partial charge in [0.05, 0.1) is 0 Å². The van der Waals surface area contributed by atoms with Crippen LogP contribution in [-0.2, 0) is 0 Å². The average molecular weight is 206 g/mol. The number of benzene rings is 2. The van der Waals surface area contributed by atoms with Crippen molar-refractivity contribution in [2.75, 3.05) is 0 Å². The van der Waals surface area contributed by atoms with E-state index in [0.717, 1.165) is 0 Å². The number of hydrogen-bond acceptors (Lipinski definition) is 0. The maximum Gasteiger partial charge on any atom is -0.00990 e. The van der Waals surface area contributed by atoms with Crippen LogP contribution in [-0.4, -0.2) is 0 Å². The molecule has 2 aromatic carbocycles. The second kappa shape index (κ2) is 3.34. The maximum absolute atomic E-state index is 2.22. The highest BCUT2D eigenvalue weighted by atomic mass is 14.3. The summed E-state index contributed by atoms with van der Waals surface area (Å²) in [5.41, 5.74) is 8.29. The second-order valence-electron chi connectivity index (χ2n) is 4.47. The fraction of sp³-hybridized carbons (Fsp3) is 0.125. The molecule has 0 aliphatic heterocycles. The van der Waals surface area contributed by atoms with E-state index in [-0.39, 0.29) is 0 Å². The summed E-state index contributed by atoms with van der Waals surface area (Å²) in [5.74, 6) is 0. The molecule has 2 aromatic rings. The van der Waals surface area contributed by atoms with E-state index in [0.29, 0.717) is 0 Å². The van der Waals surface area contributed by atoms with Crippen molar-refractivity contribution in [1.29, 1.82) is 0 Å². The Morgan fingerprint density at radius 1 is 0.625 bits per heavy atom. The molecule has 0 heteroatoms. The molecule has 0 atom stereocenters. The molecule has 1 aliphatic carbocycles. The lowest BCUT2D eigenvalue weighted by molar-refractivity contribution is 1.39. The Hall–Kier alpha value is -1.82. The Kier molecular flexibility index (Phi) is 1.97. The quantitative estimate of drug-likeness (QED) is 0.507. The lowest BCUT2D eigenvalue weighted by Gasteiger charge is -2.04. The monoisotopic (exact) mass is 206 g/mol. The van der Waals surface area contributed by atoms with E-state index in [1.54, 1.807) is 0 Å². The van der Waals surface area contributed by atoms with Gasteiger partial charge in [0.25, 0.3) is 0 Å². The van der Waals surface area contributed by atoms with E-state index in [1.807, 2.05) is 0 Å². The SMILES string of the molecule is CC(C)=C1c2ccccc2-c2ccccc21. The Balaban J connectivity index is 2.44. The Bertz CT molecular complexity index is 537. The molecule has 0 aromatic heterocycles. The van der Waals surface area contributed by atoms with E-state index < -0.39 is 0 Å².